The van der Waals surface area contributed by atoms with Crippen molar-refractivity contribution in [1.29, 1.82) is 0 Å². The van der Waals surface area contributed by atoms with E-state index in [0.717, 1.165) is 48.9 Å². The van der Waals surface area contributed by atoms with Crippen molar-refractivity contribution in [3.8, 4) is 0 Å². The van der Waals surface area contributed by atoms with E-state index >= 15 is 0 Å². The van der Waals surface area contributed by atoms with Gasteiger partial charge in [0.2, 0.25) is 0 Å². The first-order chi connectivity index (χ1) is 16.0. The second kappa shape index (κ2) is 10.8. The van der Waals surface area contributed by atoms with Gasteiger partial charge in [0.25, 0.3) is 5.91 Å². The second-order valence-electron chi connectivity index (χ2n) is 8.89. The van der Waals surface area contributed by atoms with Crippen molar-refractivity contribution in [2.24, 2.45) is 5.16 Å². The number of oxime groups is 1. The highest BCUT2D eigenvalue weighted by atomic mass is 32.1. The van der Waals surface area contributed by atoms with Gasteiger partial charge in [-0.3, -0.25) is 4.79 Å². The molecule has 4 rings (SSSR count). The van der Waals surface area contributed by atoms with Crippen molar-refractivity contribution in [1.82, 2.24) is 14.5 Å². The van der Waals surface area contributed by atoms with Crippen molar-refractivity contribution in [3.63, 3.8) is 0 Å². The van der Waals surface area contributed by atoms with E-state index < -0.39 is 0 Å². The van der Waals surface area contributed by atoms with Crippen LogP contribution in [0.5, 0.6) is 0 Å². The number of imidazole rings is 1. The Morgan fingerprint density at radius 3 is 2.64 bits per heavy atom. The minimum atomic E-state index is -0.0195. The number of piperidine rings is 1. The minimum absolute atomic E-state index is 0.00948. The number of nitrogens with zero attached hydrogens (tertiary/aromatic N) is 4. The summed E-state index contributed by atoms with van der Waals surface area (Å²) in [6.45, 7) is 8.56. The highest BCUT2D eigenvalue weighted by Crippen LogP contribution is 2.27. The van der Waals surface area contributed by atoms with E-state index in [1.54, 1.807) is 11.3 Å². The summed E-state index contributed by atoms with van der Waals surface area (Å²) in [6.07, 6.45) is 5.77. The third kappa shape index (κ3) is 5.90. The van der Waals surface area contributed by atoms with Crippen LogP contribution in [-0.2, 0) is 16.2 Å². The highest BCUT2D eigenvalue weighted by molar-refractivity contribution is 7.12. The summed E-state index contributed by atoms with van der Waals surface area (Å²) in [5, 5.41) is 6.09. The van der Waals surface area contributed by atoms with Gasteiger partial charge in [-0.15, -0.1) is 11.3 Å². The number of benzene rings is 1. The van der Waals surface area contributed by atoms with Crippen molar-refractivity contribution >= 4 is 23.0 Å². The van der Waals surface area contributed by atoms with E-state index in [9.17, 15) is 4.79 Å². The molecular formula is C26H32N4O2S. The minimum Gasteiger partial charge on any atom is -0.385 e. The molecule has 0 unspecified atom stereocenters. The second-order valence-corrected chi connectivity index (χ2v) is 9.84. The molecule has 1 aromatic carbocycles. The fraction of sp³-hybridized carbons (Fsp3) is 0.423. The molecule has 0 aliphatic carbocycles. The van der Waals surface area contributed by atoms with E-state index in [-0.39, 0.29) is 12.5 Å². The number of carbonyl (C=O) groups is 1. The van der Waals surface area contributed by atoms with Crippen LogP contribution in [0.4, 0.5) is 0 Å². The van der Waals surface area contributed by atoms with Gasteiger partial charge < -0.3 is 14.3 Å². The molecule has 0 spiro atoms. The lowest BCUT2D eigenvalue weighted by Crippen LogP contribution is -2.40. The van der Waals surface area contributed by atoms with Crippen LogP contribution in [0.15, 0.2) is 59.3 Å². The van der Waals surface area contributed by atoms with Crippen LogP contribution in [0.2, 0.25) is 0 Å². The van der Waals surface area contributed by atoms with E-state index in [1.807, 2.05) is 35.5 Å². The summed E-state index contributed by atoms with van der Waals surface area (Å²) >= 11 is 1.61. The number of hydrogen-bond acceptors (Lipinski definition) is 5. The highest BCUT2D eigenvalue weighted by Gasteiger charge is 2.26. The molecule has 3 aromatic rings. The average Bonchev–Trinajstić information content (AvgIpc) is 3.52. The molecule has 33 heavy (non-hydrogen) atoms. The molecule has 1 aliphatic heterocycles. The van der Waals surface area contributed by atoms with E-state index in [4.69, 9.17) is 4.84 Å². The van der Waals surface area contributed by atoms with Crippen LogP contribution in [0.25, 0.3) is 0 Å². The molecule has 7 heteroatoms. The zero-order valence-electron chi connectivity index (χ0n) is 19.6. The first-order valence-corrected chi connectivity index (χ1v) is 12.5. The normalized spacial score (nSPS) is 15.3. The van der Waals surface area contributed by atoms with Gasteiger partial charge >= 0.3 is 0 Å². The van der Waals surface area contributed by atoms with Gasteiger partial charge in [-0.2, -0.15) is 0 Å². The molecule has 3 heterocycles. The van der Waals surface area contributed by atoms with Gasteiger partial charge in [0.1, 0.15) is 5.82 Å². The maximum atomic E-state index is 12.6. The summed E-state index contributed by atoms with van der Waals surface area (Å²) in [6, 6.07) is 12.8. The molecule has 0 atom stereocenters. The molecule has 1 saturated heterocycles. The molecule has 1 aliphatic rings. The number of likely N-dealkylation sites (tertiary alicyclic amines) is 1. The summed E-state index contributed by atoms with van der Waals surface area (Å²) < 4.78 is 2.25. The maximum Gasteiger partial charge on any atom is 0.263 e. The molecule has 0 saturated carbocycles. The van der Waals surface area contributed by atoms with Crippen molar-refractivity contribution in [2.45, 2.75) is 52.0 Å². The summed E-state index contributed by atoms with van der Waals surface area (Å²) in [5.41, 5.74) is 3.43. The van der Waals surface area contributed by atoms with Crippen LogP contribution >= 0.6 is 11.3 Å². The van der Waals surface area contributed by atoms with Gasteiger partial charge in [-0.25, -0.2) is 4.98 Å². The zero-order chi connectivity index (χ0) is 23.2. The lowest BCUT2D eigenvalue weighted by atomic mass is 9.95. The molecule has 1 amide bonds. The van der Waals surface area contributed by atoms with Crippen molar-refractivity contribution < 1.29 is 9.63 Å². The maximum absolute atomic E-state index is 12.6. The largest absolute Gasteiger partial charge is 0.385 e. The molecule has 1 fully saturated rings. The zero-order valence-corrected chi connectivity index (χ0v) is 20.4. The number of aromatic nitrogens is 2. The van der Waals surface area contributed by atoms with E-state index in [2.05, 4.69) is 59.0 Å². The molecule has 0 bridgehead atoms. The van der Waals surface area contributed by atoms with Gasteiger partial charge in [-0.05, 0) is 48.3 Å². The Labute approximate surface area is 199 Å². The molecule has 0 radical (unpaired) electrons. The quantitative estimate of drug-likeness (QED) is 0.337. The number of carbonyl (C=O) groups excluding carboxylic acids is 1. The Hall–Kier alpha value is -2.93. The predicted octanol–water partition coefficient (Wildman–Crippen LogP) is 5.26. The fourth-order valence-electron chi connectivity index (χ4n) is 4.21. The molecule has 2 aromatic heterocycles. The Balaban J connectivity index is 1.28. The molecular weight excluding hydrogens is 432 g/mol. The first-order valence-electron chi connectivity index (χ1n) is 11.6. The Morgan fingerprint density at radius 2 is 1.97 bits per heavy atom. The number of rotatable bonds is 8. The Kier molecular flexibility index (Phi) is 7.60. The van der Waals surface area contributed by atoms with Gasteiger partial charge in [0.05, 0.1) is 10.6 Å². The Bertz CT molecular complexity index is 1060. The Morgan fingerprint density at radius 1 is 1.21 bits per heavy atom. The lowest BCUT2D eigenvalue weighted by Gasteiger charge is -2.31. The van der Waals surface area contributed by atoms with Gasteiger partial charge in [-0.1, -0.05) is 49.3 Å². The smallest absolute Gasteiger partial charge is 0.263 e. The van der Waals surface area contributed by atoms with E-state index in [1.165, 1.54) is 11.1 Å². The molecule has 174 valence electrons. The SMILES string of the molecule is CC(=NOCC(=O)N1CCC(c2nccn2Cc2ccc(C(C)C)cc2)CC1)c1cccs1. The third-order valence-electron chi connectivity index (χ3n) is 6.23. The average molecular weight is 465 g/mol. The number of amides is 1. The number of thiophene rings is 1. The van der Waals surface area contributed by atoms with Gasteiger partial charge in [0, 0.05) is 37.9 Å². The van der Waals surface area contributed by atoms with Crippen LogP contribution in [0, 0.1) is 0 Å². The molecule has 6 nitrogen and oxygen atoms in total. The first kappa shape index (κ1) is 23.2. The van der Waals surface area contributed by atoms with E-state index in [0.29, 0.717) is 11.8 Å². The monoisotopic (exact) mass is 464 g/mol. The predicted molar refractivity (Wildman–Crippen MR) is 133 cm³/mol. The third-order valence-corrected chi connectivity index (χ3v) is 7.21. The standard InChI is InChI=1S/C26H32N4O2S/c1-19(2)22-8-6-21(7-9-22)17-30-15-12-27-26(30)23-10-13-29(14-11-23)25(31)18-32-28-20(3)24-5-4-16-33-24/h4-9,12,15-16,19,23H,10-11,13-14,17-18H2,1-3H3. The van der Waals surface area contributed by atoms with Crippen LogP contribution in [0.3, 0.4) is 0 Å². The fourth-order valence-corrected chi connectivity index (χ4v) is 4.88. The van der Waals surface area contributed by atoms with Crippen molar-refractivity contribution in [3.05, 3.63) is 76.0 Å². The van der Waals surface area contributed by atoms with Crippen LogP contribution in [0.1, 0.15) is 67.3 Å². The van der Waals surface area contributed by atoms with Crippen LogP contribution in [-0.4, -0.2) is 45.8 Å². The number of hydrogen-bond donors (Lipinski definition) is 0. The summed E-state index contributed by atoms with van der Waals surface area (Å²) in [4.78, 5) is 25.5. The summed E-state index contributed by atoms with van der Waals surface area (Å²) in [5.74, 6) is 2.00. The molecule has 0 N–H and O–H groups in total. The summed E-state index contributed by atoms with van der Waals surface area (Å²) in [7, 11) is 0. The lowest BCUT2D eigenvalue weighted by molar-refractivity contribution is -0.137. The van der Waals surface area contributed by atoms with Crippen molar-refractivity contribution in [2.75, 3.05) is 19.7 Å². The van der Waals surface area contributed by atoms with Gasteiger partial charge in [0.15, 0.2) is 6.61 Å². The van der Waals surface area contributed by atoms with Crippen LogP contribution < -0.4 is 0 Å². The topological polar surface area (TPSA) is 59.7 Å².